The maximum Gasteiger partial charge on any atom is 0.226 e. The molecular formula is C11H19N3O2. The number of aryl methyl sites for hydroxylation is 1. The van der Waals surface area contributed by atoms with Crippen LogP contribution in [0.25, 0.3) is 0 Å². The normalized spacial score (nSPS) is 21.2. The van der Waals surface area contributed by atoms with Gasteiger partial charge in [0.2, 0.25) is 5.89 Å². The number of nitrogens with zero attached hydrogens (tertiary/aromatic N) is 2. The Balaban J connectivity index is 1.66. The highest BCUT2D eigenvalue weighted by Gasteiger charge is 2.13. The summed E-state index contributed by atoms with van der Waals surface area (Å²) in [5.74, 6) is 1.96. The molecule has 2 rings (SSSR count). The third-order valence-corrected chi connectivity index (χ3v) is 2.80. The summed E-state index contributed by atoms with van der Waals surface area (Å²) in [6.07, 6.45) is 3.27. The molecule has 0 bridgehead atoms. The summed E-state index contributed by atoms with van der Waals surface area (Å²) in [4.78, 5) is 4.19. The van der Waals surface area contributed by atoms with Gasteiger partial charge in [0.25, 0.3) is 0 Å². The monoisotopic (exact) mass is 225 g/mol. The number of piperidine rings is 1. The van der Waals surface area contributed by atoms with Crippen molar-refractivity contribution < 1.29 is 9.26 Å². The van der Waals surface area contributed by atoms with E-state index in [1.165, 1.54) is 12.8 Å². The van der Waals surface area contributed by atoms with Crippen LogP contribution in [-0.2, 0) is 17.8 Å². The fourth-order valence-corrected chi connectivity index (χ4v) is 1.88. The van der Waals surface area contributed by atoms with Gasteiger partial charge in [0.15, 0.2) is 5.82 Å². The van der Waals surface area contributed by atoms with Crippen LogP contribution >= 0.6 is 0 Å². The lowest BCUT2D eigenvalue weighted by atomic mass is 10.0. The third-order valence-electron chi connectivity index (χ3n) is 2.80. The number of aromatic nitrogens is 2. The maximum atomic E-state index is 5.59. The molecule has 0 unspecified atom stereocenters. The number of rotatable bonds is 5. The first-order valence-electron chi connectivity index (χ1n) is 5.98. The summed E-state index contributed by atoms with van der Waals surface area (Å²) in [7, 11) is 0. The van der Waals surface area contributed by atoms with Gasteiger partial charge in [0.1, 0.15) is 6.61 Å². The Hall–Kier alpha value is -0.940. The van der Waals surface area contributed by atoms with Crippen LogP contribution in [0, 0.1) is 5.92 Å². The van der Waals surface area contributed by atoms with E-state index in [0.29, 0.717) is 24.2 Å². The van der Waals surface area contributed by atoms with E-state index in [1.807, 2.05) is 6.92 Å². The summed E-state index contributed by atoms with van der Waals surface area (Å²) in [5, 5.41) is 7.21. The van der Waals surface area contributed by atoms with Crippen molar-refractivity contribution in [2.45, 2.75) is 32.8 Å². The van der Waals surface area contributed by atoms with Crippen molar-refractivity contribution in [1.82, 2.24) is 15.5 Å². The second kappa shape index (κ2) is 5.96. The van der Waals surface area contributed by atoms with Crippen LogP contribution in [0.15, 0.2) is 4.52 Å². The fraction of sp³-hybridized carbons (Fsp3) is 0.818. The topological polar surface area (TPSA) is 60.2 Å². The van der Waals surface area contributed by atoms with Crippen molar-refractivity contribution in [1.29, 1.82) is 0 Å². The maximum absolute atomic E-state index is 5.59. The Labute approximate surface area is 95.6 Å². The molecular weight excluding hydrogens is 206 g/mol. The summed E-state index contributed by atoms with van der Waals surface area (Å²) >= 11 is 0. The molecule has 0 radical (unpaired) electrons. The zero-order valence-electron chi connectivity index (χ0n) is 9.74. The van der Waals surface area contributed by atoms with Gasteiger partial charge in [-0.25, -0.2) is 0 Å². The van der Waals surface area contributed by atoms with E-state index < -0.39 is 0 Å². The van der Waals surface area contributed by atoms with Gasteiger partial charge in [-0.05, 0) is 25.3 Å². The molecule has 1 fully saturated rings. The molecule has 0 spiro atoms. The molecule has 0 aromatic carbocycles. The first-order chi connectivity index (χ1) is 7.88. The molecule has 5 nitrogen and oxygen atoms in total. The van der Waals surface area contributed by atoms with Gasteiger partial charge in [0, 0.05) is 13.0 Å². The van der Waals surface area contributed by atoms with Gasteiger partial charge in [-0.2, -0.15) is 4.98 Å². The molecule has 16 heavy (non-hydrogen) atoms. The van der Waals surface area contributed by atoms with Crippen LogP contribution < -0.4 is 5.32 Å². The minimum absolute atomic E-state index is 0.458. The highest BCUT2D eigenvalue weighted by molar-refractivity contribution is 4.83. The zero-order chi connectivity index (χ0) is 11.2. The van der Waals surface area contributed by atoms with Crippen molar-refractivity contribution in [3.05, 3.63) is 11.7 Å². The van der Waals surface area contributed by atoms with Gasteiger partial charge >= 0.3 is 0 Å². The average molecular weight is 225 g/mol. The van der Waals surface area contributed by atoms with Crippen LogP contribution in [0.2, 0.25) is 0 Å². The van der Waals surface area contributed by atoms with Gasteiger partial charge in [-0.1, -0.05) is 12.1 Å². The molecule has 1 aromatic heterocycles. The van der Waals surface area contributed by atoms with E-state index in [4.69, 9.17) is 9.26 Å². The van der Waals surface area contributed by atoms with Crippen LogP contribution in [0.4, 0.5) is 0 Å². The van der Waals surface area contributed by atoms with E-state index in [-0.39, 0.29) is 0 Å². The molecule has 1 aliphatic heterocycles. The minimum Gasteiger partial charge on any atom is -0.373 e. The van der Waals surface area contributed by atoms with Crippen LogP contribution in [0.1, 0.15) is 31.5 Å². The molecule has 0 amide bonds. The lowest BCUT2D eigenvalue weighted by Gasteiger charge is -2.22. The smallest absolute Gasteiger partial charge is 0.226 e. The van der Waals surface area contributed by atoms with Crippen LogP contribution in [0.5, 0.6) is 0 Å². The fourth-order valence-electron chi connectivity index (χ4n) is 1.88. The Bertz CT molecular complexity index is 308. The number of hydrogen-bond acceptors (Lipinski definition) is 5. The van der Waals surface area contributed by atoms with Crippen LogP contribution in [-0.4, -0.2) is 29.8 Å². The Morgan fingerprint density at radius 2 is 2.50 bits per heavy atom. The van der Waals surface area contributed by atoms with Crippen molar-refractivity contribution in [3.63, 3.8) is 0 Å². The number of nitrogens with one attached hydrogen (secondary N) is 1. The van der Waals surface area contributed by atoms with Crippen LogP contribution in [0.3, 0.4) is 0 Å². The molecule has 90 valence electrons. The van der Waals surface area contributed by atoms with Gasteiger partial charge in [0.05, 0.1) is 6.61 Å². The summed E-state index contributed by atoms with van der Waals surface area (Å²) < 4.78 is 10.6. The van der Waals surface area contributed by atoms with E-state index in [2.05, 4.69) is 15.5 Å². The van der Waals surface area contributed by atoms with E-state index in [9.17, 15) is 0 Å². The first-order valence-corrected chi connectivity index (χ1v) is 5.98. The summed E-state index contributed by atoms with van der Waals surface area (Å²) in [5.41, 5.74) is 0. The average Bonchev–Trinajstić information content (AvgIpc) is 2.78. The summed E-state index contributed by atoms with van der Waals surface area (Å²) in [6.45, 7) is 5.43. The first kappa shape index (κ1) is 11.5. The van der Waals surface area contributed by atoms with Crippen molar-refractivity contribution in [2.24, 2.45) is 5.92 Å². The molecule has 1 saturated heterocycles. The predicted molar refractivity (Wildman–Crippen MR) is 58.9 cm³/mol. The van der Waals surface area contributed by atoms with Crippen molar-refractivity contribution in [3.8, 4) is 0 Å². The van der Waals surface area contributed by atoms with Gasteiger partial charge in [-0.15, -0.1) is 0 Å². The molecule has 1 N–H and O–H groups in total. The molecule has 0 saturated carbocycles. The zero-order valence-corrected chi connectivity index (χ0v) is 9.74. The van der Waals surface area contributed by atoms with Gasteiger partial charge in [-0.3, -0.25) is 0 Å². The summed E-state index contributed by atoms with van der Waals surface area (Å²) in [6, 6.07) is 0. The second-order valence-corrected chi connectivity index (χ2v) is 4.19. The van der Waals surface area contributed by atoms with E-state index in [1.54, 1.807) is 0 Å². The van der Waals surface area contributed by atoms with Gasteiger partial charge < -0.3 is 14.6 Å². The van der Waals surface area contributed by atoms with Crippen molar-refractivity contribution in [2.75, 3.05) is 19.7 Å². The quantitative estimate of drug-likeness (QED) is 0.814. The Kier molecular flexibility index (Phi) is 4.30. The van der Waals surface area contributed by atoms with E-state index in [0.717, 1.165) is 26.1 Å². The largest absolute Gasteiger partial charge is 0.373 e. The molecule has 1 aliphatic rings. The Morgan fingerprint density at radius 3 is 3.19 bits per heavy atom. The lowest BCUT2D eigenvalue weighted by Crippen LogP contribution is -2.32. The molecule has 1 aromatic rings. The molecule has 2 heterocycles. The second-order valence-electron chi connectivity index (χ2n) is 4.19. The highest BCUT2D eigenvalue weighted by Crippen LogP contribution is 2.10. The Morgan fingerprint density at radius 1 is 1.56 bits per heavy atom. The molecule has 5 heteroatoms. The molecule has 1 atom stereocenters. The number of hydrogen-bond donors (Lipinski definition) is 1. The predicted octanol–water partition coefficient (Wildman–Crippen LogP) is 1.15. The minimum atomic E-state index is 0.458. The number of ether oxygens (including phenoxy) is 1. The SMILES string of the molecule is CCc1nc(COC[C@H]2CCCNC2)no1. The standard InChI is InChI=1S/C11H19N3O2/c1-2-11-13-10(14-16-11)8-15-7-9-4-3-5-12-6-9/h9,12H,2-8H2,1H3/t9-/m0/s1. The third kappa shape index (κ3) is 3.28. The van der Waals surface area contributed by atoms with Crippen molar-refractivity contribution >= 4 is 0 Å². The highest BCUT2D eigenvalue weighted by atomic mass is 16.5. The molecule has 0 aliphatic carbocycles. The van der Waals surface area contributed by atoms with E-state index >= 15 is 0 Å². The lowest BCUT2D eigenvalue weighted by molar-refractivity contribution is 0.0730.